The van der Waals surface area contributed by atoms with Crippen LogP contribution in [0, 0.1) is 11.3 Å². The van der Waals surface area contributed by atoms with E-state index in [1.807, 2.05) is 6.07 Å². The summed E-state index contributed by atoms with van der Waals surface area (Å²) in [6.45, 7) is 0. The smallest absolute Gasteiger partial charge is 0.335 e. The lowest BCUT2D eigenvalue weighted by Gasteiger charge is -2.07. The maximum absolute atomic E-state index is 12.2. The van der Waals surface area contributed by atoms with Gasteiger partial charge < -0.3 is 5.11 Å². The number of benzene rings is 1. The number of carboxylic acid groups (broad SMARTS) is 1. The monoisotopic (exact) mass is 386 g/mol. The van der Waals surface area contributed by atoms with Gasteiger partial charge in [0.1, 0.15) is 15.2 Å². The molecule has 1 aromatic carbocycles. The molecule has 21 heavy (non-hydrogen) atoms. The lowest BCUT2D eigenvalue weighted by molar-refractivity contribution is 0.0697. The summed E-state index contributed by atoms with van der Waals surface area (Å²) in [5.41, 5.74) is 0.0691. The van der Waals surface area contributed by atoms with Crippen molar-refractivity contribution in [2.75, 3.05) is 4.72 Å². The summed E-state index contributed by atoms with van der Waals surface area (Å²) in [6, 6.07) is 8.60. The van der Waals surface area contributed by atoms with Crippen molar-refractivity contribution in [3.63, 3.8) is 0 Å². The van der Waals surface area contributed by atoms with Crippen LogP contribution in [0.15, 0.2) is 39.0 Å². The fourth-order valence-electron chi connectivity index (χ4n) is 1.50. The third-order valence-corrected chi connectivity index (χ3v) is 5.67. The van der Waals surface area contributed by atoms with Crippen LogP contribution < -0.4 is 4.72 Å². The van der Waals surface area contributed by atoms with Crippen LogP contribution >= 0.6 is 27.3 Å². The van der Waals surface area contributed by atoms with Gasteiger partial charge in [-0.15, -0.1) is 11.3 Å². The number of carbonyl (C=O) groups is 1. The van der Waals surface area contributed by atoms with Crippen LogP contribution in [-0.4, -0.2) is 19.5 Å². The van der Waals surface area contributed by atoms with E-state index in [0.717, 1.165) is 11.3 Å². The van der Waals surface area contributed by atoms with Gasteiger partial charge in [0.05, 0.1) is 11.3 Å². The summed E-state index contributed by atoms with van der Waals surface area (Å²) < 4.78 is 27.0. The van der Waals surface area contributed by atoms with E-state index in [2.05, 4.69) is 20.7 Å². The Morgan fingerprint density at radius 1 is 1.33 bits per heavy atom. The fraction of sp³-hybridized carbons (Fsp3) is 0. The Balaban J connectivity index is 2.37. The van der Waals surface area contributed by atoms with Gasteiger partial charge in [0.15, 0.2) is 0 Å². The second-order valence-electron chi connectivity index (χ2n) is 3.87. The largest absolute Gasteiger partial charge is 0.478 e. The summed E-state index contributed by atoms with van der Waals surface area (Å²) in [5.74, 6) is -1.17. The quantitative estimate of drug-likeness (QED) is 0.839. The Morgan fingerprint density at radius 3 is 2.62 bits per heavy atom. The number of rotatable bonds is 4. The third-order valence-electron chi connectivity index (χ3n) is 2.35. The van der Waals surface area contributed by atoms with Gasteiger partial charge in [0, 0.05) is 4.47 Å². The molecule has 1 aromatic heterocycles. The molecule has 2 N–H and O–H groups in total. The summed E-state index contributed by atoms with van der Waals surface area (Å²) >= 11 is 3.96. The molecule has 0 amide bonds. The Labute approximate surface area is 132 Å². The van der Waals surface area contributed by atoms with Crippen molar-refractivity contribution in [3.8, 4) is 6.07 Å². The van der Waals surface area contributed by atoms with E-state index < -0.39 is 16.0 Å². The van der Waals surface area contributed by atoms with E-state index in [1.165, 1.54) is 30.3 Å². The molecule has 2 aromatic rings. The van der Waals surface area contributed by atoms with Crippen molar-refractivity contribution in [1.29, 1.82) is 5.26 Å². The summed E-state index contributed by atoms with van der Waals surface area (Å²) in [4.78, 5) is 11.2. The number of hydrogen-bond acceptors (Lipinski definition) is 5. The molecular weight excluding hydrogens is 380 g/mol. The first-order valence-electron chi connectivity index (χ1n) is 5.38. The van der Waals surface area contributed by atoms with Gasteiger partial charge in [-0.05, 0) is 30.3 Å². The van der Waals surface area contributed by atoms with E-state index in [1.54, 1.807) is 0 Å². The number of anilines is 1. The van der Waals surface area contributed by atoms with Crippen molar-refractivity contribution < 1.29 is 18.3 Å². The minimum atomic E-state index is -3.86. The highest BCUT2D eigenvalue weighted by atomic mass is 79.9. The van der Waals surface area contributed by atoms with Crippen molar-refractivity contribution in [2.45, 2.75) is 4.21 Å². The van der Waals surface area contributed by atoms with Crippen LogP contribution in [0.5, 0.6) is 0 Å². The fourth-order valence-corrected chi connectivity index (χ4v) is 4.14. The molecule has 0 atom stereocenters. The van der Waals surface area contributed by atoms with Gasteiger partial charge in [-0.3, -0.25) is 4.72 Å². The van der Waals surface area contributed by atoms with Crippen molar-refractivity contribution in [3.05, 3.63) is 45.2 Å². The first-order valence-corrected chi connectivity index (χ1v) is 8.48. The van der Waals surface area contributed by atoms with Gasteiger partial charge in [-0.25, -0.2) is 13.2 Å². The predicted molar refractivity (Wildman–Crippen MR) is 80.9 cm³/mol. The van der Waals surface area contributed by atoms with Crippen LogP contribution in [-0.2, 0) is 10.0 Å². The zero-order chi connectivity index (χ0) is 15.6. The number of nitriles is 1. The average Bonchev–Trinajstić information content (AvgIpc) is 2.86. The molecule has 0 saturated carbocycles. The van der Waals surface area contributed by atoms with E-state index in [4.69, 9.17) is 10.4 Å². The minimum Gasteiger partial charge on any atom is -0.478 e. The predicted octanol–water partition coefficient (Wildman–Crippen LogP) is 2.88. The molecular formula is C12H7BrN2O4S2. The molecule has 0 fully saturated rings. The number of aromatic carboxylic acids is 1. The second kappa shape index (κ2) is 5.85. The number of nitrogens with zero attached hydrogens (tertiary/aromatic N) is 1. The number of nitrogens with one attached hydrogen (secondary N) is 1. The molecule has 0 spiro atoms. The van der Waals surface area contributed by atoms with Crippen molar-refractivity contribution in [1.82, 2.24) is 0 Å². The summed E-state index contributed by atoms with van der Waals surface area (Å²) in [5, 5.41) is 17.7. The van der Waals surface area contributed by atoms with Crippen LogP contribution in [0.3, 0.4) is 0 Å². The summed E-state index contributed by atoms with van der Waals surface area (Å²) in [7, 11) is -3.86. The van der Waals surface area contributed by atoms with Crippen LogP contribution in [0.1, 0.15) is 15.2 Å². The molecule has 1 heterocycles. The Hall–Kier alpha value is -1.89. The molecule has 0 aliphatic heterocycles. The molecule has 0 saturated heterocycles. The highest BCUT2D eigenvalue weighted by Gasteiger charge is 2.18. The van der Waals surface area contributed by atoms with E-state index >= 15 is 0 Å². The standard InChI is InChI=1S/C12H7BrN2O4S2/c13-8-3-7(12(16)17)4-9(5-8)15-21(18,19)11-2-1-10(6-14)20-11/h1-5,15H,(H,16,17). The third kappa shape index (κ3) is 3.60. The number of sulfonamides is 1. The number of halogens is 1. The highest BCUT2D eigenvalue weighted by Crippen LogP contribution is 2.26. The molecule has 0 unspecified atom stereocenters. The van der Waals surface area contributed by atoms with Gasteiger partial charge in [0.2, 0.25) is 0 Å². The Bertz CT molecular complexity index is 852. The minimum absolute atomic E-state index is 0.0177. The lowest BCUT2D eigenvalue weighted by Crippen LogP contribution is -2.12. The topological polar surface area (TPSA) is 107 Å². The van der Waals surface area contributed by atoms with E-state index in [9.17, 15) is 13.2 Å². The number of hydrogen-bond donors (Lipinski definition) is 2. The highest BCUT2D eigenvalue weighted by molar-refractivity contribution is 9.10. The molecule has 9 heteroatoms. The van der Waals surface area contributed by atoms with Gasteiger partial charge >= 0.3 is 5.97 Å². The van der Waals surface area contributed by atoms with Crippen LogP contribution in [0.2, 0.25) is 0 Å². The van der Waals surface area contributed by atoms with Gasteiger partial charge in [-0.2, -0.15) is 5.26 Å². The van der Waals surface area contributed by atoms with Crippen LogP contribution in [0.4, 0.5) is 5.69 Å². The maximum atomic E-state index is 12.2. The first-order chi connectivity index (χ1) is 9.81. The summed E-state index contributed by atoms with van der Waals surface area (Å²) in [6.07, 6.45) is 0. The Kier molecular flexibility index (Phi) is 4.32. The molecule has 0 aliphatic carbocycles. The zero-order valence-electron chi connectivity index (χ0n) is 10.2. The molecule has 6 nitrogen and oxygen atoms in total. The number of carboxylic acids is 1. The molecule has 0 bridgehead atoms. The van der Waals surface area contributed by atoms with Crippen LogP contribution in [0.25, 0.3) is 0 Å². The normalized spacial score (nSPS) is 10.9. The molecule has 0 aliphatic rings. The molecule has 108 valence electrons. The van der Waals surface area contributed by atoms with E-state index in [-0.39, 0.29) is 20.3 Å². The average molecular weight is 387 g/mol. The molecule has 0 radical (unpaired) electrons. The molecule has 2 rings (SSSR count). The second-order valence-corrected chi connectivity index (χ2v) is 7.78. The lowest BCUT2D eigenvalue weighted by atomic mass is 10.2. The Morgan fingerprint density at radius 2 is 2.05 bits per heavy atom. The SMILES string of the molecule is N#Cc1ccc(S(=O)(=O)Nc2cc(Br)cc(C(=O)O)c2)s1. The first kappa shape index (κ1) is 15.5. The zero-order valence-corrected chi connectivity index (χ0v) is 13.4. The van der Waals surface area contributed by atoms with E-state index in [0.29, 0.717) is 4.47 Å². The van der Waals surface area contributed by atoms with Gasteiger partial charge in [-0.1, -0.05) is 15.9 Å². The van der Waals surface area contributed by atoms with Gasteiger partial charge in [0.25, 0.3) is 10.0 Å². The van der Waals surface area contributed by atoms with Crippen molar-refractivity contribution in [2.24, 2.45) is 0 Å². The van der Waals surface area contributed by atoms with Crippen molar-refractivity contribution >= 4 is 48.9 Å². The number of thiophene rings is 1. The maximum Gasteiger partial charge on any atom is 0.335 e.